The van der Waals surface area contributed by atoms with Crippen molar-refractivity contribution in [3.05, 3.63) is 59.7 Å². The monoisotopic (exact) mass is 338 g/mol. The van der Waals surface area contributed by atoms with Gasteiger partial charge in [0.1, 0.15) is 0 Å². The van der Waals surface area contributed by atoms with Crippen LogP contribution in [0.1, 0.15) is 22.8 Å². The van der Waals surface area contributed by atoms with Gasteiger partial charge in [-0.15, -0.1) is 0 Å². The van der Waals surface area contributed by atoms with Gasteiger partial charge in [0.25, 0.3) is 0 Å². The minimum atomic E-state index is 0.144. The Balaban J connectivity index is 2.22. The zero-order chi connectivity index (χ0) is 14.6. The second kappa shape index (κ2) is 4.56. The van der Waals surface area contributed by atoms with Crippen LogP contribution in [0.5, 0.6) is 0 Å². The Morgan fingerprint density at radius 1 is 0.905 bits per heavy atom. The molecule has 0 fully saturated rings. The number of rotatable bonds is 1. The average Bonchev–Trinajstić information content (AvgIpc) is 2.84. The number of carbonyl (C=O) groups excluding carboxylic acids is 1. The topological polar surface area (TPSA) is 17.1 Å². The van der Waals surface area contributed by atoms with Crippen LogP contribution in [-0.2, 0) is 0 Å². The first-order chi connectivity index (χ1) is 10.1. The molecule has 0 N–H and O–H groups in total. The van der Waals surface area contributed by atoms with E-state index in [1.54, 1.807) is 6.92 Å². The molecule has 0 amide bonds. The molecule has 0 aliphatic rings. The molecule has 3 aromatic carbocycles. The van der Waals surface area contributed by atoms with Crippen LogP contribution in [0.4, 0.5) is 0 Å². The average molecular weight is 337 g/mol. The Bertz CT molecular complexity index is 1020. The molecule has 4 aromatic rings. The molecule has 0 unspecified atom stereocenters. The van der Waals surface area contributed by atoms with Gasteiger partial charge in [-0.3, -0.25) is 0 Å². The normalized spacial score (nSPS) is 11.5. The molecule has 0 atom stereocenters. The first-order valence-corrected chi connectivity index (χ1v) is 8.72. The van der Waals surface area contributed by atoms with E-state index < -0.39 is 0 Å². The van der Waals surface area contributed by atoms with Crippen molar-refractivity contribution >= 4 is 50.4 Å². The molecule has 102 valence electrons. The van der Waals surface area contributed by atoms with Gasteiger partial charge in [0, 0.05) is 0 Å². The number of ketones is 1. The second-order valence-corrected chi connectivity index (χ2v) is 7.76. The predicted molar refractivity (Wildman–Crippen MR) is 90.6 cm³/mol. The molecule has 2 heteroatoms. The number of Topliss-reactive ketones (excluding diaryl/α,β-unsaturated/α-hetero) is 1. The van der Waals surface area contributed by atoms with Crippen LogP contribution in [0.25, 0.3) is 30.1 Å². The molecule has 1 heterocycles. The predicted octanol–water partition coefficient (Wildman–Crippen LogP) is 4.71. The van der Waals surface area contributed by atoms with Crippen LogP contribution < -0.4 is 0 Å². The summed E-state index contributed by atoms with van der Waals surface area (Å²) in [6.07, 6.45) is 0. The van der Waals surface area contributed by atoms with Crippen molar-refractivity contribution in [2.75, 3.05) is 0 Å². The number of benzene rings is 3. The van der Waals surface area contributed by atoms with Crippen molar-refractivity contribution in [1.82, 2.24) is 0 Å². The van der Waals surface area contributed by atoms with Crippen LogP contribution >= 0.6 is 0 Å². The summed E-state index contributed by atoms with van der Waals surface area (Å²) in [5, 5.41) is 5.35. The van der Waals surface area contributed by atoms with Gasteiger partial charge < -0.3 is 0 Å². The standard InChI is InChI=1S/C19H14OSe/c1-11-9-18-19(15-6-4-3-5-14(11)15)16-8-7-13(12(2)20)10-17(16)21-18/h3-10H,1-2H3. The molecule has 21 heavy (non-hydrogen) atoms. The Hall–Kier alpha value is -1.89. The van der Waals surface area contributed by atoms with E-state index in [1.807, 2.05) is 6.07 Å². The van der Waals surface area contributed by atoms with Gasteiger partial charge >= 0.3 is 129 Å². The van der Waals surface area contributed by atoms with Crippen LogP contribution in [0, 0.1) is 6.92 Å². The molecule has 0 saturated heterocycles. The SMILES string of the molecule is CC(=O)c1ccc2c(c1)[se]c1cc(C)c3ccccc3c12. The van der Waals surface area contributed by atoms with E-state index in [1.165, 1.54) is 35.6 Å². The van der Waals surface area contributed by atoms with E-state index in [9.17, 15) is 4.79 Å². The molecule has 0 aliphatic carbocycles. The molecule has 0 radical (unpaired) electrons. The van der Waals surface area contributed by atoms with Crippen molar-refractivity contribution in [2.24, 2.45) is 0 Å². The van der Waals surface area contributed by atoms with Crippen LogP contribution in [0.15, 0.2) is 48.5 Å². The summed E-state index contributed by atoms with van der Waals surface area (Å²) >= 11 is 0.297. The van der Waals surface area contributed by atoms with E-state index in [4.69, 9.17) is 0 Å². The van der Waals surface area contributed by atoms with Crippen molar-refractivity contribution in [3.8, 4) is 0 Å². The molecule has 1 aromatic heterocycles. The van der Waals surface area contributed by atoms with Gasteiger partial charge in [0.2, 0.25) is 0 Å². The van der Waals surface area contributed by atoms with E-state index in [0.29, 0.717) is 14.5 Å². The molecule has 1 nitrogen and oxygen atoms in total. The zero-order valence-corrected chi connectivity index (χ0v) is 13.6. The Kier molecular flexibility index (Phi) is 2.78. The van der Waals surface area contributed by atoms with Crippen molar-refractivity contribution in [3.63, 3.8) is 0 Å². The quantitative estimate of drug-likeness (QED) is 0.363. The van der Waals surface area contributed by atoms with E-state index in [2.05, 4.69) is 49.4 Å². The van der Waals surface area contributed by atoms with E-state index >= 15 is 0 Å². The zero-order valence-electron chi connectivity index (χ0n) is 11.9. The Morgan fingerprint density at radius 2 is 1.67 bits per heavy atom. The van der Waals surface area contributed by atoms with Gasteiger partial charge in [0.05, 0.1) is 0 Å². The second-order valence-electron chi connectivity index (χ2n) is 5.48. The summed E-state index contributed by atoms with van der Waals surface area (Å²) in [6.45, 7) is 3.82. The van der Waals surface area contributed by atoms with Crippen LogP contribution in [0.3, 0.4) is 0 Å². The summed E-state index contributed by atoms with van der Waals surface area (Å²) in [5.41, 5.74) is 2.16. The van der Waals surface area contributed by atoms with Crippen molar-refractivity contribution in [1.29, 1.82) is 0 Å². The molecular formula is C19H14OSe. The molecular weight excluding hydrogens is 323 g/mol. The summed E-state index contributed by atoms with van der Waals surface area (Å²) in [7, 11) is 0. The molecule has 4 rings (SSSR count). The van der Waals surface area contributed by atoms with Gasteiger partial charge in [-0.1, -0.05) is 0 Å². The Labute approximate surface area is 128 Å². The number of hydrogen-bond acceptors (Lipinski definition) is 1. The fourth-order valence-electron chi connectivity index (χ4n) is 3.03. The van der Waals surface area contributed by atoms with Gasteiger partial charge in [-0.25, -0.2) is 0 Å². The fourth-order valence-corrected chi connectivity index (χ4v) is 5.68. The Morgan fingerprint density at radius 3 is 2.43 bits per heavy atom. The number of hydrogen-bond donors (Lipinski definition) is 0. The molecule has 0 aliphatic heterocycles. The van der Waals surface area contributed by atoms with Crippen LogP contribution in [0.2, 0.25) is 0 Å². The van der Waals surface area contributed by atoms with E-state index in [0.717, 1.165) is 5.56 Å². The molecule has 0 spiro atoms. The summed E-state index contributed by atoms with van der Waals surface area (Å²) in [5.74, 6) is 0.144. The minimum absolute atomic E-state index is 0.144. The number of aryl methyl sites for hydroxylation is 1. The van der Waals surface area contributed by atoms with Crippen molar-refractivity contribution < 1.29 is 4.79 Å². The summed E-state index contributed by atoms with van der Waals surface area (Å²) in [6, 6.07) is 17.1. The maximum absolute atomic E-state index is 11.6. The third kappa shape index (κ3) is 1.87. The number of fused-ring (bicyclic) bond motifs is 5. The van der Waals surface area contributed by atoms with Gasteiger partial charge in [-0.2, -0.15) is 0 Å². The molecule has 0 saturated carbocycles. The first-order valence-electron chi connectivity index (χ1n) is 7.01. The van der Waals surface area contributed by atoms with Crippen LogP contribution in [-0.4, -0.2) is 20.3 Å². The molecule has 0 bridgehead atoms. The maximum atomic E-state index is 11.6. The van der Waals surface area contributed by atoms with Gasteiger partial charge in [-0.05, 0) is 0 Å². The first kappa shape index (κ1) is 12.8. The third-order valence-corrected chi connectivity index (χ3v) is 6.40. The number of carbonyl (C=O) groups is 1. The summed E-state index contributed by atoms with van der Waals surface area (Å²) < 4.78 is 2.77. The summed E-state index contributed by atoms with van der Waals surface area (Å²) in [4.78, 5) is 11.6. The van der Waals surface area contributed by atoms with Crippen molar-refractivity contribution in [2.45, 2.75) is 13.8 Å². The van der Waals surface area contributed by atoms with E-state index in [-0.39, 0.29) is 5.78 Å². The van der Waals surface area contributed by atoms with Gasteiger partial charge in [0.15, 0.2) is 0 Å². The fraction of sp³-hybridized carbons (Fsp3) is 0.105. The third-order valence-electron chi connectivity index (χ3n) is 4.09.